The molecule has 4 nitrogen and oxygen atoms in total. The Morgan fingerprint density at radius 1 is 1.35 bits per heavy atom. The molecule has 1 aromatic rings. The molecule has 2 N–H and O–H groups in total. The Labute approximate surface area is 100 Å². The van der Waals surface area contributed by atoms with Gasteiger partial charge in [-0.15, -0.1) is 0 Å². The Morgan fingerprint density at radius 3 is 2.59 bits per heavy atom. The Balaban J connectivity index is 2.34. The Bertz CT molecular complexity index is 449. The first-order valence-corrected chi connectivity index (χ1v) is 5.73. The summed E-state index contributed by atoms with van der Waals surface area (Å²) in [4.78, 5) is 11.4. The van der Waals surface area contributed by atoms with Gasteiger partial charge in [-0.2, -0.15) is 5.10 Å². The van der Waals surface area contributed by atoms with E-state index in [1.165, 1.54) is 0 Å². The molecule has 17 heavy (non-hydrogen) atoms. The third kappa shape index (κ3) is 2.46. The number of carbonyl (C=O) groups is 1. The average molecular weight is 232 g/mol. The molecule has 0 spiro atoms. The lowest BCUT2D eigenvalue weighted by molar-refractivity contribution is -0.122. The lowest BCUT2D eigenvalue weighted by Crippen LogP contribution is -2.35. The van der Waals surface area contributed by atoms with E-state index >= 15 is 0 Å². The fraction of sp³-hybridized carbons (Fsp3) is 0.385. The van der Waals surface area contributed by atoms with E-state index in [0.29, 0.717) is 12.3 Å². The second kappa shape index (κ2) is 4.57. The van der Waals surface area contributed by atoms with Gasteiger partial charge in [-0.3, -0.25) is 4.79 Å². The first-order valence-electron chi connectivity index (χ1n) is 5.73. The maximum atomic E-state index is 11.4. The molecule has 0 fully saturated rings. The number of phenolic OH excluding ortho intramolecular Hbond substituents is 1. The number of nitrogens with one attached hydrogen (secondary N) is 1. The third-order valence-electron chi connectivity index (χ3n) is 3.03. The third-order valence-corrected chi connectivity index (χ3v) is 3.03. The number of hydrazone groups is 1. The number of aromatic hydroxyl groups is 1. The van der Waals surface area contributed by atoms with Crippen molar-refractivity contribution in [2.45, 2.75) is 20.3 Å². The molecule has 1 unspecified atom stereocenters. The Hall–Kier alpha value is -1.84. The second-order valence-corrected chi connectivity index (χ2v) is 4.63. The normalized spacial score (nSPS) is 20.1. The van der Waals surface area contributed by atoms with E-state index in [4.69, 9.17) is 0 Å². The maximum Gasteiger partial charge on any atom is 0.240 e. The number of hydrogen-bond donors (Lipinski definition) is 2. The predicted octanol–water partition coefficient (Wildman–Crippen LogP) is 1.89. The summed E-state index contributed by atoms with van der Waals surface area (Å²) in [6, 6.07) is 6.90. The van der Waals surface area contributed by atoms with Crippen LogP contribution in [0.25, 0.3) is 0 Å². The number of benzene rings is 1. The molecule has 1 amide bonds. The summed E-state index contributed by atoms with van der Waals surface area (Å²) >= 11 is 0. The molecule has 90 valence electrons. The zero-order valence-corrected chi connectivity index (χ0v) is 9.97. The fourth-order valence-corrected chi connectivity index (χ4v) is 2.01. The number of amides is 1. The van der Waals surface area contributed by atoms with E-state index in [0.717, 1.165) is 11.3 Å². The van der Waals surface area contributed by atoms with Crippen LogP contribution >= 0.6 is 0 Å². The van der Waals surface area contributed by atoms with Crippen molar-refractivity contribution in [2.24, 2.45) is 16.9 Å². The minimum atomic E-state index is -0.0359. The molecule has 0 saturated heterocycles. The van der Waals surface area contributed by atoms with Crippen LogP contribution in [0.3, 0.4) is 0 Å². The number of carbonyl (C=O) groups excluding carboxylic acids is 1. The summed E-state index contributed by atoms with van der Waals surface area (Å²) < 4.78 is 0. The minimum Gasteiger partial charge on any atom is -0.508 e. The fourth-order valence-electron chi connectivity index (χ4n) is 2.01. The van der Waals surface area contributed by atoms with Gasteiger partial charge in [0.2, 0.25) is 5.91 Å². The average Bonchev–Trinajstić information content (AvgIpc) is 2.30. The molecule has 0 saturated carbocycles. The molecule has 2 rings (SSSR count). The van der Waals surface area contributed by atoms with Crippen LogP contribution in [0.4, 0.5) is 0 Å². The Morgan fingerprint density at radius 2 is 2.00 bits per heavy atom. The minimum absolute atomic E-state index is 0.0359. The second-order valence-electron chi connectivity index (χ2n) is 4.63. The molecule has 0 aromatic heterocycles. The van der Waals surface area contributed by atoms with Crippen LogP contribution in [0.2, 0.25) is 0 Å². The van der Waals surface area contributed by atoms with Crippen molar-refractivity contribution in [2.75, 3.05) is 0 Å². The Kier molecular flexibility index (Phi) is 3.13. The van der Waals surface area contributed by atoms with Crippen LogP contribution in [0.5, 0.6) is 5.75 Å². The van der Waals surface area contributed by atoms with Gasteiger partial charge in [0.05, 0.1) is 5.71 Å². The van der Waals surface area contributed by atoms with Gasteiger partial charge >= 0.3 is 0 Å². The standard InChI is InChI=1S/C13H16N2O2/c1-8(2)11-7-12(17)14-15-13(11)9-3-5-10(16)6-4-9/h3-6,8,11,16H,7H2,1-2H3,(H,14,17). The highest BCUT2D eigenvalue weighted by molar-refractivity contribution is 6.06. The first-order chi connectivity index (χ1) is 8.08. The number of phenols is 1. The van der Waals surface area contributed by atoms with E-state index in [9.17, 15) is 9.90 Å². The largest absolute Gasteiger partial charge is 0.508 e. The molecule has 0 aliphatic carbocycles. The summed E-state index contributed by atoms with van der Waals surface area (Å²) in [6.45, 7) is 4.17. The van der Waals surface area contributed by atoms with E-state index in [1.807, 2.05) is 12.1 Å². The van der Waals surface area contributed by atoms with Crippen molar-refractivity contribution in [3.05, 3.63) is 29.8 Å². The topological polar surface area (TPSA) is 61.7 Å². The number of rotatable bonds is 2. The lowest BCUT2D eigenvalue weighted by atomic mass is 9.84. The molecule has 1 aliphatic heterocycles. The summed E-state index contributed by atoms with van der Waals surface area (Å²) in [6.07, 6.45) is 0.470. The highest BCUT2D eigenvalue weighted by Crippen LogP contribution is 2.24. The van der Waals surface area contributed by atoms with Crippen LogP contribution in [0, 0.1) is 11.8 Å². The summed E-state index contributed by atoms with van der Waals surface area (Å²) in [5.74, 6) is 0.684. The van der Waals surface area contributed by atoms with E-state index in [1.54, 1.807) is 12.1 Å². The molecule has 1 heterocycles. The molecule has 1 aliphatic rings. The van der Waals surface area contributed by atoms with Crippen molar-refractivity contribution in [1.82, 2.24) is 5.43 Å². The zero-order chi connectivity index (χ0) is 12.4. The summed E-state index contributed by atoms with van der Waals surface area (Å²) in [5, 5.41) is 13.4. The van der Waals surface area contributed by atoms with Crippen LogP contribution in [0.1, 0.15) is 25.8 Å². The maximum absolute atomic E-state index is 11.4. The number of nitrogens with zero attached hydrogens (tertiary/aromatic N) is 1. The number of hydrogen-bond acceptors (Lipinski definition) is 3. The molecule has 1 atom stereocenters. The first kappa shape index (κ1) is 11.6. The monoisotopic (exact) mass is 232 g/mol. The quantitative estimate of drug-likeness (QED) is 0.818. The van der Waals surface area contributed by atoms with Crippen molar-refractivity contribution in [3.8, 4) is 5.75 Å². The predicted molar refractivity (Wildman–Crippen MR) is 65.7 cm³/mol. The van der Waals surface area contributed by atoms with Gasteiger partial charge in [0.1, 0.15) is 5.75 Å². The molecular formula is C13H16N2O2. The van der Waals surface area contributed by atoms with Crippen LogP contribution in [-0.2, 0) is 4.79 Å². The van der Waals surface area contributed by atoms with Gasteiger partial charge in [-0.1, -0.05) is 13.8 Å². The molecule has 0 bridgehead atoms. The van der Waals surface area contributed by atoms with Crippen LogP contribution < -0.4 is 5.43 Å². The van der Waals surface area contributed by atoms with Crippen molar-refractivity contribution in [3.63, 3.8) is 0 Å². The molecule has 0 radical (unpaired) electrons. The van der Waals surface area contributed by atoms with Crippen molar-refractivity contribution >= 4 is 11.6 Å². The van der Waals surface area contributed by atoms with Gasteiger partial charge in [0, 0.05) is 12.3 Å². The van der Waals surface area contributed by atoms with Crippen molar-refractivity contribution < 1.29 is 9.90 Å². The summed E-state index contributed by atoms with van der Waals surface area (Å²) in [7, 11) is 0. The molecule has 1 aromatic carbocycles. The summed E-state index contributed by atoms with van der Waals surface area (Å²) in [5.41, 5.74) is 4.35. The highest BCUT2D eigenvalue weighted by Gasteiger charge is 2.27. The van der Waals surface area contributed by atoms with Crippen LogP contribution in [-0.4, -0.2) is 16.7 Å². The highest BCUT2D eigenvalue weighted by atomic mass is 16.3. The molecular weight excluding hydrogens is 216 g/mol. The zero-order valence-electron chi connectivity index (χ0n) is 9.97. The molecule has 4 heteroatoms. The van der Waals surface area contributed by atoms with Crippen molar-refractivity contribution in [1.29, 1.82) is 0 Å². The van der Waals surface area contributed by atoms with Gasteiger partial charge in [-0.25, -0.2) is 5.43 Å². The van der Waals surface area contributed by atoms with Gasteiger partial charge in [-0.05, 0) is 35.7 Å². The SMILES string of the molecule is CC(C)C1CC(=O)NN=C1c1ccc(O)cc1. The van der Waals surface area contributed by atoms with Gasteiger partial charge in [0.25, 0.3) is 0 Å². The van der Waals surface area contributed by atoms with E-state index < -0.39 is 0 Å². The van der Waals surface area contributed by atoms with Gasteiger partial charge in [0.15, 0.2) is 0 Å². The van der Waals surface area contributed by atoms with Gasteiger partial charge < -0.3 is 5.11 Å². The lowest BCUT2D eigenvalue weighted by Gasteiger charge is -2.25. The van der Waals surface area contributed by atoms with E-state index in [2.05, 4.69) is 24.4 Å². The van der Waals surface area contributed by atoms with E-state index in [-0.39, 0.29) is 17.6 Å². The smallest absolute Gasteiger partial charge is 0.240 e. The van der Waals surface area contributed by atoms with Crippen LogP contribution in [0.15, 0.2) is 29.4 Å².